The number of esters is 1. The molecule has 0 N–H and O–H groups in total. The van der Waals surface area contributed by atoms with Gasteiger partial charge in [-0.3, -0.25) is 4.79 Å². The van der Waals surface area contributed by atoms with Crippen molar-refractivity contribution in [2.24, 2.45) is 0 Å². The number of rotatable bonds is 1. The van der Waals surface area contributed by atoms with E-state index in [0.717, 1.165) is 0 Å². The first-order valence-electron chi connectivity index (χ1n) is 3.33. The molecule has 0 aromatic rings. The fraction of sp³-hybridized carbons (Fsp3) is 0.375. The second-order valence-corrected chi connectivity index (χ2v) is 3.79. The first kappa shape index (κ1) is 9.10. The molecule has 0 aromatic carbocycles. The zero-order valence-corrected chi connectivity index (χ0v) is 7.60. The summed E-state index contributed by atoms with van der Waals surface area (Å²) in [5.74, 6) is 1.31. The highest BCUT2D eigenvalue weighted by Gasteiger charge is 2.41. The van der Waals surface area contributed by atoms with Crippen molar-refractivity contribution in [3.63, 3.8) is 0 Å². The Morgan fingerprint density at radius 2 is 2.42 bits per heavy atom. The Kier molecular flexibility index (Phi) is 2.40. The largest absolute Gasteiger partial charge is 0.468 e. The molecule has 0 radical (unpaired) electrons. The highest BCUT2D eigenvalue weighted by atomic mass is 32.2. The topological polar surface area (TPSA) is 43.4 Å². The number of thioether (sulfide) groups is 1. The maximum atomic E-state index is 11.2. The maximum absolute atomic E-state index is 11.2. The predicted molar refractivity (Wildman–Crippen MR) is 46.4 cm³/mol. The molecule has 0 aliphatic carbocycles. The monoisotopic (exact) mass is 184 g/mol. The molecule has 0 saturated heterocycles. The van der Waals surface area contributed by atoms with E-state index in [-0.39, 0.29) is 0 Å². The molecular weight excluding hydrogens is 176 g/mol. The lowest BCUT2D eigenvalue weighted by Gasteiger charge is -2.18. The number of carbonyl (C=O) groups is 1. The Hall–Kier alpha value is -0.990. The van der Waals surface area contributed by atoms with Gasteiger partial charge in [-0.15, -0.1) is 11.8 Å². The molecule has 12 heavy (non-hydrogen) atoms. The summed E-state index contributed by atoms with van der Waals surface area (Å²) in [6.45, 7) is 1.64. The molecule has 4 heteroatoms. The van der Waals surface area contributed by atoms with Crippen LogP contribution < -0.4 is 0 Å². The minimum absolute atomic E-state index is 0.333. The van der Waals surface area contributed by atoms with Gasteiger partial charge in [-0.2, -0.15) is 0 Å². The quantitative estimate of drug-likeness (QED) is 0.449. The van der Waals surface area contributed by atoms with Crippen LogP contribution in [0.5, 0.6) is 0 Å². The third-order valence-corrected chi connectivity index (χ3v) is 2.87. The van der Waals surface area contributed by atoms with Crippen LogP contribution in [0.25, 0.3) is 0 Å². The fourth-order valence-corrected chi connectivity index (χ4v) is 1.84. The molecule has 0 aromatic heterocycles. The average Bonchev–Trinajstić information content (AvgIpc) is 2.46. The number of carbonyl (C=O) groups excluding carboxylic acids is 2. The van der Waals surface area contributed by atoms with E-state index < -0.39 is 10.7 Å². The highest BCUT2D eigenvalue weighted by Crippen LogP contribution is 2.39. The summed E-state index contributed by atoms with van der Waals surface area (Å²) in [6, 6.07) is 0. The van der Waals surface area contributed by atoms with E-state index in [9.17, 15) is 9.59 Å². The van der Waals surface area contributed by atoms with Gasteiger partial charge in [-0.25, -0.2) is 4.79 Å². The summed E-state index contributed by atoms with van der Waals surface area (Å²) in [6.07, 6.45) is 1.58. The van der Waals surface area contributed by atoms with Gasteiger partial charge in [0.05, 0.1) is 12.7 Å². The van der Waals surface area contributed by atoms with Gasteiger partial charge < -0.3 is 4.74 Å². The van der Waals surface area contributed by atoms with Gasteiger partial charge in [0.25, 0.3) is 0 Å². The van der Waals surface area contributed by atoms with Crippen molar-refractivity contribution >= 4 is 23.7 Å². The highest BCUT2D eigenvalue weighted by molar-refractivity contribution is 8.04. The van der Waals surface area contributed by atoms with Crippen molar-refractivity contribution in [3.05, 3.63) is 17.1 Å². The van der Waals surface area contributed by atoms with Crippen LogP contribution in [0.3, 0.4) is 0 Å². The molecular formula is C8H8O3S. The van der Waals surface area contributed by atoms with Crippen LogP contribution in [0.1, 0.15) is 6.92 Å². The third kappa shape index (κ3) is 1.19. The normalized spacial score (nSPS) is 27.0. The summed E-state index contributed by atoms with van der Waals surface area (Å²) in [5, 5.41) is 1.69. The third-order valence-electron chi connectivity index (χ3n) is 1.74. The standard InChI is InChI=1S/C8H8O3S/c1-8(7(10)11-2)6(5-9)3-4-12-8/h3-4H,1-2H3. The van der Waals surface area contributed by atoms with Crippen LogP contribution in [0.2, 0.25) is 0 Å². The molecule has 0 fully saturated rings. The molecule has 1 unspecified atom stereocenters. The molecule has 1 aliphatic rings. The van der Waals surface area contributed by atoms with E-state index in [2.05, 4.69) is 4.74 Å². The van der Waals surface area contributed by atoms with Crippen LogP contribution in [0.15, 0.2) is 17.1 Å². The molecule has 1 heterocycles. The summed E-state index contributed by atoms with van der Waals surface area (Å²) in [5.41, 5.74) is 0.333. The lowest BCUT2D eigenvalue weighted by atomic mass is 10.0. The molecule has 3 nitrogen and oxygen atoms in total. The van der Waals surface area contributed by atoms with Crippen molar-refractivity contribution in [2.75, 3.05) is 7.11 Å². The van der Waals surface area contributed by atoms with Crippen LogP contribution in [0.4, 0.5) is 0 Å². The van der Waals surface area contributed by atoms with E-state index in [4.69, 9.17) is 0 Å². The Morgan fingerprint density at radius 1 is 1.75 bits per heavy atom. The molecule has 1 aliphatic heterocycles. The molecule has 0 bridgehead atoms. The molecule has 0 amide bonds. The van der Waals surface area contributed by atoms with Crippen LogP contribution >= 0.6 is 11.8 Å². The van der Waals surface area contributed by atoms with Gasteiger partial charge in [0.15, 0.2) is 0 Å². The first-order valence-corrected chi connectivity index (χ1v) is 4.21. The van der Waals surface area contributed by atoms with Crippen molar-refractivity contribution < 1.29 is 14.3 Å². The van der Waals surface area contributed by atoms with Crippen LogP contribution in [-0.4, -0.2) is 23.8 Å². The second-order valence-electron chi connectivity index (χ2n) is 2.46. The van der Waals surface area contributed by atoms with Crippen LogP contribution in [0, 0.1) is 0 Å². The summed E-state index contributed by atoms with van der Waals surface area (Å²) in [4.78, 5) is 21.6. The van der Waals surface area contributed by atoms with Crippen molar-refractivity contribution in [1.29, 1.82) is 0 Å². The van der Waals surface area contributed by atoms with Crippen LogP contribution in [-0.2, 0) is 14.3 Å². The Morgan fingerprint density at radius 3 is 2.92 bits per heavy atom. The van der Waals surface area contributed by atoms with Gasteiger partial charge in [-0.05, 0) is 18.4 Å². The zero-order chi connectivity index (χ0) is 9.19. The van der Waals surface area contributed by atoms with E-state index in [1.54, 1.807) is 24.3 Å². The van der Waals surface area contributed by atoms with Gasteiger partial charge >= 0.3 is 5.97 Å². The van der Waals surface area contributed by atoms with E-state index in [1.165, 1.54) is 18.9 Å². The minimum atomic E-state index is -0.892. The summed E-state index contributed by atoms with van der Waals surface area (Å²) in [7, 11) is 1.30. The SMILES string of the molecule is COC(=O)C1(C)SC=CC1=C=O. The summed E-state index contributed by atoms with van der Waals surface area (Å²) < 4.78 is 3.68. The number of methoxy groups -OCH3 is 1. The summed E-state index contributed by atoms with van der Waals surface area (Å²) >= 11 is 1.26. The molecule has 64 valence electrons. The molecule has 0 saturated carbocycles. The molecule has 0 spiro atoms. The minimum Gasteiger partial charge on any atom is -0.468 e. The van der Waals surface area contributed by atoms with Crippen molar-refractivity contribution in [2.45, 2.75) is 11.7 Å². The van der Waals surface area contributed by atoms with Gasteiger partial charge in [0.1, 0.15) is 10.7 Å². The first-order chi connectivity index (χ1) is 5.65. The van der Waals surface area contributed by atoms with Gasteiger partial charge in [-0.1, -0.05) is 0 Å². The lowest BCUT2D eigenvalue weighted by Crippen LogP contribution is -2.32. The van der Waals surface area contributed by atoms with Gasteiger partial charge in [0.2, 0.25) is 0 Å². The number of hydrogen-bond acceptors (Lipinski definition) is 4. The smallest absolute Gasteiger partial charge is 0.327 e. The average molecular weight is 184 g/mol. The second kappa shape index (κ2) is 3.17. The maximum Gasteiger partial charge on any atom is 0.327 e. The predicted octanol–water partition coefficient (Wildman–Crippen LogP) is 0.937. The zero-order valence-electron chi connectivity index (χ0n) is 6.79. The van der Waals surface area contributed by atoms with E-state index in [1.807, 2.05) is 0 Å². The number of hydrogen-bond donors (Lipinski definition) is 0. The Labute approximate surface area is 74.5 Å². The molecule has 1 rings (SSSR count). The van der Waals surface area contributed by atoms with Crippen molar-refractivity contribution in [1.82, 2.24) is 0 Å². The van der Waals surface area contributed by atoms with E-state index >= 15 is 0 Å². The molecule has 1 atom stereocenters. The van der Waals surface area contributed by atoms with Crippen molar-refractivity contribution in [3.8, 4) is 0 Å². The lowest BCUT2D eigenvalue weighted by molar-refractivity contribution is -0.141. The number of allylic oxidation sites excluding steroid dienone is 1. The van der Waals surface area contributed by atoms with E-state index in [0.29, 0.717) is 5.57 Å². The fourth-order valence-electron chi connectivity index (χ4n) is 0.945. The Bertz CT molecular complexity index is 289. The van der Waals surface area contributed by atoms with Gasteiger partial charge in [0, 0.05) is 0 Å². The Balaban J connectivity index is 3.01. The number of ether oxygens (including phenoxy) is 1.